The van der Waals surface area contributed by atoms with E-state index in [1.54, 1.807) is 6.07 Å². The van der Waals surface area contributed by atoms with Crippen LogP contribution in [0.15, 0.2) is 66.9 Å². The van der Waals surface area contributed by atoms with Crippen LogP contribution in [0.4, 0.5) is 4.39 Å². The van der Waals surface area contributed by atoms with Crippen molar-refractivity contribution < 1.29 is 4.39 Å². The summed E-state index contributed by atoms with van der Waals surface area (Å²) in [7, 11) is 1.84. The van der Waals surface area contributed by atoms with Crippen LogP contribution < -0.4 is 5.32 Å². The smallest absolute Gasteiger partial charge is 0.123 e. The number of hydrogen-bond acceptors (Lipinski definition) is 2. The summed E-state index contributed by atoms with van der Waals surface area (Å²) in [4.78, 5) is 0. The highest BCUT2D eigenvalue weighted by Gasteiger charge is 2.15. The second-order valence-electron chi connectivity index (χ2n) is 4.80. The molecule has 4 heteroatoms. The average molecular weight is 281 g/mol. The number of benzene rings is 2. The normalized spacial score (nSPS) is 12.3. The minimum Gasteiger partial charge on any atom is -0.308 e. The first-order valence-corrected chi connectivity index (χ1v) is 6.81. The van der Waals surface area contributed by atoms with Crippen LogP contribution in [0.5, 0.6) is 0 Å². The molecule has 1 N–H and O–H groups in total. The predicted molar refractivity (Wildman–Crippen MR) is 80.9 cm³/mol. The third kappa shape index (κ3) is 2.85. The van der Waals surface area contributed by atoms with Gasteiger partial charge in [0, 0.05) is 6.20 Å². The van der Waals surface area contributed by atoms with E-state index in [9.17, 15) is 4.39 Å². The SMILES string of the molecule is CNC(c1cccc(F)c1)c1ccn(-c2ccccc2)n1. The number of halogens is 1. The monoisotopic (exact) mass is 281 g/mol. The summed E-state index contributed by atoms with van der Waals surface area (Å²) in [6, 6.07) is 18.3. The van der Waals surface area contributed by atoms with Gasteiger partial charge >= 0.3 is 0 Å². The molecule has 2 aromatic carbocycles. The van der Waals surface area contributed by atoms with Crippen molar-refractivity contribution in [3.8, 4) is 5.69 Å². The van der Waals surface area contributed by atoms with Crippen LogP contribution in [0, 0.1) is 5.82 Å². The zero-order chi connectivity index (χ0) is 14.7. The van der Waals surface area contributed by atoms with Gasteiger partial charge in [0.05, 0.1) is 17.4 Å². The van der Waals surface area contributed by atoms with Gasteiger partial charge < -0.3 is 5.32 Å². The maximum Gasteiger partial charge on any atom is 0.123 e. The van der Waals surface area contributed by atoms with Gasteiger partial charge in [0.25, 0.3) is 0 Å². The fraction of sp³-hybridized carbons (Fsp3) is 0.118. The Morgan fingerprint density at radius 3 is 2.57 bits per heavy atom. The zero-order valence-electron chi connectivity index (χ0n) is 11.7. The van der Waals surface area contributed by atoms with E-state index in [0.717, 1.165) is 16.9 Å². The Morgan fingerprint density at radius 1 is 1.05 bits per heavy atom. The molecule has 0 bridgehead atoms. The molecule has 0 fully saturated rings. The van der Waals surface area contributed by atoms with Gasteiger partial charge in [-0.15, -0.1) is 0 Å². The molecule has 0 aliphatic rings. The lowest BCUT2D eigenvalue weighted by atomic mass is 10.0. The molecule has 0 radical (unpaired) electrons. The second-order valence-corrected chi connectivity index (χ2v) is 4.80. The molecule has 21 heavy (non-hydrogen) atoms. The number of hydrogen-bond donors (Lipinski definition) is 1. The van der Waals surface area contributed by atoms with E-state index in [0.29, 0.717) is 0 Å². The van der Waals surface area contributed by atoms with Crippen molar-refractivity contribution in [3.05, 3.63) is 83.9 Å². The highest BCUT2D eigenvalue weighted by molar-refractivity contribution is 5.33. The van der Waals surface area contributed by atoms with E-state index in [-0.39, 0.29) is 11.9 Å². The molecule has 1 aromatic heterocycles. The van der Waals surface area contributed by atoms with E-state index < -0.39 is 0 Å². The number of para-hydroxylation sites is 1. The first-order valence-electron chi connectivity index (χ1n) is 6.81. The predicted octanol–water partition coefficient (Wildman–Crippen LogP) is 3.32. The Hall–Kier alpha value is -2.46. The van der Waals surface area contributed by atoms with E-state index in [1.807, 2.05) is 60.4 Å². The number of nitrogens with zero attached hydrogens (tertiary/aromatic N) is 2. The molecule has 3 rings (SSSR count). The molecule has 3 nitrogen and oxygen atoms in total. The minimum atomic E-state index is -0.241. The Balaban J connectivity index is 1.94. The summed E-state index contributed by atoms with van der Waals surface area (Å²) in [5, 5.41) is 7.77. The highest BCUT2D eigenvalue weighted by atomic mass is 19.1. The summed E-state index contributed by atoms with van der Waals surface area (Å²) >= 11 is 0. The fourth-order valence-electron chi connectivity index (χ4n) is 2.39. The van der Waals surface area contributed by atoms with Gasteiger partial charge in [0.1, 0.15) is 5.82 Å². The van der Waals surface area contributed by atoms with Crippen molar-refractivity contribution in [2.75, 3.05) is 7.05 Å². The third-order valence-electron chi connectivity index (χ3n) is 3.40. The summed E-state index contributed by atoms with van der Waals surface area (Å²) < 4.78 is 15.2. The third-order valence-corrected chi connectivity index (χ3v) is 3.40. The van der Waals surface area contributed by atoms with Gasteiger partial charge in [0.2, 0.25) is 0 Å². The molecule has 1 atom stereocenters. The maximum atomic E-state index is 13.4. The van der Waals surface area contributed by atoms with Crippen molar-refractivity contribution in [3.63, 3.8) is 0 Å². The topological polar surface area (TPSA) is 29.9 Å². The van der Waals surface area contributed by atoms with E-state index >= 15 is 0 Å². The molecule has 1 unspecified atom stereocenters. The van der Waals surface area contributed by atoms with Crippen LogP contribution in [-0.4, -0.2) is 16.8 Å². The molecule has 3 aromatic rings. The van der Waals surface area contributed by atoms with Gasteiger partial charge in [-0.1, -0.05) is 30.3 Å². The van der Waals surface area contributed by atoms with Crippen molar-refractivity contribution in [1.82, 2.24) is 15.1 Å². The van der Waals surface area contributed by atoms with Gasteiger partial charge in [0.15, 0.2) is 0 Å². The molecule has 0 aliphatic heterocycles. The van der Waals surface area contributed by atoms with Gasteiger partial charge in [-0.2, -0.15) is 5.10 Å². The summed E-state index contributed by atoms with van der Waals surface area (Å²) in [5.41, 5.74) is 2.71. The average Bonchev–Trinajstić information content (AvgIpc) is 2.99. The largest absolute Gasteiger partial charge is 0.308 e. The van der Waals surface area contributed by atoms with Crippen LogP contribution in [0.25, 0.3) is 5.69 Å². The zero-order valence-corrected chi connectivity index (χ0v) is 11.7. The molecule has 106 valence electrons. The lowest BCUT2D eigenvalue weighted by molar-refractivity contribution is 0.611. The van der Waals surface area contributed by atoms with Crippen molar-refractivity contribution in [2.45, 2.75) is 6.04 Å². The molecule has 0 spiro atoms. The quantitative estimate of drug-likeness (QED) is 0.795. The summed E-state index contributed by atoms with van der Waals surface area (Å²) in [6.45, 7) is 0. The van der Waals surface area contributed by atoms with E-state index in [2.05, 4.69) is 10.4 Å². The first kappa shape index (κ1) is 13.5. The van der Waals surface area contributed by atoms with Gasteiger partial charge in [-0.3, -0.25) is 0 Å². The minimum absolute atomic E-state index is 0.134. The molecule has 0 aliphatic carbocycles. The van der Waals surface area contributed by atoms with Crippen LogP contribution in [0.2, 0.25) is 0 Å². The van der Waals surface area contributed by atoms with Crippen molar-refractivity contribution in [2.24, 2.45) is 0 Å². The van der Waals surface area contributed by atoms with Crippen LogP contribution in [-0.2, 0) is 0 Å². The standard InChI is InChI=1S/C17H16FN3/c1-19-17(13-6-5-7-14(18)12-13)16-10-11-21(20-16)15-8-3-2-4-9-15/h2-12,17,19H,1H3. The van der Waals surface area contributed by atoms with E-state index in [1.165, 1.54) is 12.1 Å². The highest BCUT2D eigenvalue weighted by Crippen LogP contribution is 2.21. The molecular formula is C17H16FN3. The second kappa shape index (κ2) is 5.89. The van der Waals surface area contributed by atoms with Gasteiger partial charge in [-0.25, -0.2) is 9.07 Å². The van der Waals surface area contributed by atoms with Crippen molar-refractivity contribution in [1.29, 1.82) is 0 Å². The van der Waals surface area contributed by atoms with E-state index in [4.69, 9.17) is 0 Å². The maximum absolute atomic E-state index is 13.4. The fourth-order valence-corrected chi connectivity index (χ4v) is 2.39. The number of aromatic nitrogens is 2. The number of nitrogens with one attached hydrogen (secondary N) is 1. The number of rotatable bonds is 4. The first-order chi connectivity index (χ1) is 10.3. The van der Waals surface area contributed by atoms with Gasteiger partial charge in [-0.05, 0) is 42.9 Å². The Kier molecular flexibility index (Phi) is 3.79. The Labute approximate surface area is 123 Å². The lowest BCUT2D eigenvalue weighted by Gasteiger charge is -2.14. The Morgan fingerprint density at radius 2 is 1.86 bits per heavy atom. The van der Waals surface area contributed by atoms with Crippen LogP contribution >= 0.6 is 0 Å². The van der Waals surface area contributed by atoms with Crippen LogP contribution in [0.1, 0.15) is 17.3 Å². The molecule has 1 heterocycles. The lowest BCUT2D eigenvalue weighted by Crippen LogP contribution is -2.18. The summed E-state index contributed by atoms with van der Waals surface area (Å²) in [6.07, 6.45) is 1.91. The molecule has 0 amide bonds. The van der Waals surface area contributed by atoms with Crippen molar-refractivity contribution >= 4 is 0 Å². The Bertz CT molecular complexity index is 722. The molecular weight excluding hydrogens is 265 g/mol. The summed E-state index contributed by atoms with van der Waals surface area (Å²) in [5.74, 6) is -0.241. The molecule has 0 saturated heterocycles. The van der Waals surface area contributed by atoms with Crippen LogP contribution in [0.3, 0.4) is 0 Å². The molecule has 0 saturated carbocycles.